The maximum atomic E-state index is 12.0. The lowest BCUT2D eigenvalue weighted by Gasteiger charge is -2.13. The molecule has 2 rings (SSSR count). The molecule has 142 valence electrons. The molecule has 0 aliphatic rings. The van der Waals surface area contributed by atoms with E-state index in [0.29, 0.717) is 30.1 Å². The van der Waals surface area contributed by atoms with Crippen LogP contribution < -0.4 is 4.74 Å². The molecule has 0 aromatic heterocycles. The molecule has 2 aromatic carbocycles. The van der Waals surface area contributed by atoms with Crippen molar-refractivity contribution in [2.45, 2.75) is 13.5 Å². The number of methoxy groups -OCH3 is 2. The molecular formula is C21H23NO5. The molecule has 0 spiro atoms. The first-order chi connectivity index (χ1) is 13.2. The summed E-state index contributed by atoms with van der Waals surface area (Å²) in [6.45, 7) is 2.70. The molecule has 0 aliphatic carbocycles. The van der Waals surface area contributed by atoms with E-state index in [1.54, 1.807) is 6.21 Å². The second kappa shape index (κ2) is 10.7. The summed E-state index contributed by atoms with van der Waals surface area (Å²) in [5.41, 5.74) is 2.79. The van der Waals surface area contributed by atoms with Crippen LogP contribution in [0.15, 0.2) is 59.9 Å². The monoisotopic (exact) mass is 369 g/mol. The summed E-state index contributed by atoms with van der Waals surface area (Å²) >= 11 is 0. The Morgan fingerprint density at radius 1 is 1.07 bits per heavy atom. The minimum Gasteiger partial charge on any atom is -0.503 e. The molecule has 27 heavy (non-hydrogen) atoms. The quantitative estimate of drug-likeness (QED) is 0.221. The molecular weight excluding hydrogens is 346 g/mol. The van der Waals surface area contributed by atoms with Gasteiger partial charge in [0.15, 0.2) is 0 Å². The van der Waals surface area contributed by atoms with E-state index >= 15 is 0 Å². The number of rotatable bonds is 9. The fourth-order valence-electron chi connectivity index (χ4n) is 2.34. The number of hydrogen-bond acceptors (Lipinski definition) is 6. The third-order valence-corrected chi connectivity index (χ3v) is 3.63. The van der Waals surface area contributed by atoms with Gasteiger partial charge in [-0.25, -0.2) is 4.79 Å². The van der Waals surface area contributed by atoms with Crippen LogP contribution in [0.5, 0.6) is 5.75 Å². The van der Waals surface area contributed by atoms with Gasteiger partial charge in [-0.05, 0) is 47.9 Å². The minimum absolute atomic E-state index is 0.292. The second-order valence-electron chi connectivity index (χ2n) is 5.43. The van der Waals surface area contributed by atoms with Gasteiger partial charge in [-0.2, -0.15) is 0 Å². The first-order valence-electron chi connectivity index (χ1n) is 8.47. The average molecular weight is 369 g/mol. The standard InChI is InChI=1S/C21H23NO5/c1-4-27-22-13-16-9-11-18(12-10-16)26-14-17-7-5-6-8-19(17)20(15-24-2)21(23)25-3/h5-13,15H,4,14H2,1-3H3/b20-15-,22-13+. The molecule has 0 atom stereocenters. The molecule has 0 amide bonds. The maximum absolute atomic E-state index is 12.0. The van der Waals surface area contributed by atoms with Crippen molar-refractivity contribution < 1.29 is 23.8 Å². The summed E-state index contributed by atoms with van der Waals surface area (Å²) in [6.07, 6.45) is 3.01. The Kier molecular flexibility index (Phi) is 7.91. The third kappa shape index (κ3) is 5.88. The van der Waals surface area contributed by atoms with Gasteiger partial charge >= 0.3 is 5.97 Å². The van der Waals surface area contributed by atoms with Crippen molar-refractivity contribution in [2.75, 3.05) is 20.8 Å². The Morgan fingerprint density at radius 3 is 2.48 bits per heavy atom. The van der Waals surface area contributed by atoms with Crippen LogP contribution in [0.3, 0.4) is 0 Å². The van der Waals surface area contributed by atoms with Crippen LogP contribution >= 0.6 is 0 Å². The number of oxime groups is 1. The Balaban J connectivity index is 2.12. The Hall–Kier alpha value is -3.28. The van der Waals surface area contributed by atoms with Gasteiger partial charge in [0.05, 0.1) is 26.7 Å². The van der Waals surface area contributed by atoms with Crippen LogP contribution in [-0.2, 0) is 25.7 Å². The lowest BCUT2D eigenvalue weighted by atomic mass is 10.0. The van der Waals surface area contributed by atoms with Crippen molar-refractivity contribution in [3.63, 3.8) is 0 Å². The molecule has 0 saturated carbocycles. The molecule has 0 aliphatic heterocycles. The topological polar surface area (TPSA) is 66.3 Å². The predicted molar refractivity (Wildman–Crippen MR) is 103 cm³/mol. The van der Waals surface area contributed by atoms with E-state index in [2.05, 4.69) is 5.16 Å². The smallest absolute Gasteiger partial charge is 0.341 e. The summed E-state index contributed by atoms with van der Waals surface area (Å²) in [6, 6.07) is 14.9. The lowest BCUT2D eigenvalue weighted by Crippen LogP contribution is -2.08. The van der Waals surface area contributed by atoms with E-state index in [-0.39, 0.29) is 0 Å². The number of ether oxygens (including phenoxy) is 3. The van der Waals surface area contributed by atoms with Crippen molar-refractivity contribution in [3.8, 4) is 5.75 Å². The van der Waals surface area contributed by atoms with Gasteiger partial charge in [0.1, 0.15) is 24.5 Å². The molecule has 0 radical (unpaired) electrons. The van der Waals surface area contributed by atoms with Crippen LogP contribution in [0, 0.1) is 0 Å². The molecule has 0 saturated heterocycles. The van der Waals surface area contributed by atoms with E-state index in [0.717, 1.165) is 11.1 Å². The minimum atomic E-state index is -0.470. The van der Waals surface area contributed by atoms with E-state index < -0.39 is 5.97 Å². The molecule has 6 heteroatoms. The largest absolute Gasteiger partial charge is 0.503 e. The van der Waals surface area contributed by atoms with Crippen LogP contribution in [0.1, 0.15) is 23.6 Å². The summed E-state index contributed by atoms with van der Waals surface area (Å²) < 4.78 is 15.7. The summed E-state index contributed by atoms with van der Waals surface area (Å²) in [5.74, 6) is 0.232. The zero-order chi connectivity index (χ0) is 19.5. The normalized spacial score (nSPS) is 11.3. The fourth-order valence-corrected chi connectivity index (χ4v) is 2.34. The molecule has 0 heterocycles. The van der Waals surface area contributed by atoms with Gasteiger partial charge in [0.2, 0.25) is 0 Å². The van der Waals surface area contributed by atoms with Crippen LogP contribution in [0.4, 0.5) is 0 Å². The number of nitrogens with zero attached hydrogens (tertiary/aromatic N) is 1. The van der Waals surface area contributed by atoms with Gasteiger partial charge in [0, 0.05) is 0 Å². The predicted octanol–water partition coefficient (Wildman–Crippen LogP) is 3.80. The number of esters is 1. The van der Waals surface area contributed by atoms with Gasteiger partial charge in [-0.3, -0.25) is 0 Å². The molecule has 6 nitrogen and oxygen atoms in total. The highest BCUT2D eigenvalue weighted by Crippen LogP contribution is 2.23. The highest BCUT2D eigenvalue weighted by atomic mass is 16.6. The molecule has 0 N–H and O–H groups in total. The Morgan fingerprint density at radius 2 is 1.81 bits per heavy atom. The number of hydrogen-bond donors (Lipinski definition) is 0. The fraction of sp³-hybridized carbons (Fsp3) is 0.238. The Bertz CT molecular complexity index is 796. The summed E-state index contributed by atoms with van der Waals surface area (Å²) in [4.78, 5) is 17.0. The number of benzene rings is 2. The van der Waals surface area contributed by atoms with Crippen LogP contribution in [0.25, 0.3) is 5.57 Å². The molecule has 2 aromatic rings. The summed E-state index contributed by atoms with van der Waals surface area (Å²) in [5, 5.41) is 3.83. The van der Waals surface area contributed by atoms with Crippen molar-refractivity contribution in [1.29, 1.82) is 0 Å². The van der Waals surface area contributed by atoms with Gasteiger partial charge in [-0.15, -0.1) is 0 Å². The summed E-state index contributed by atoms with van der Waals surface area (Å²) in [7, 11) is 2.82. The van der Waals surface area contributed by atoms with E-state index in [1.807, 2.05) is 55.5 Å². The van der Waals surface area contributed by atoms with Crippen molar-refractivity contribution in [3.05, 3.63) is 71.5 Å². The van der Waals surface area contributed by atoms with E-state index in [1.165, 1.54) is 20.5 Å². The molecule has 0 unspecified atom stereocenters. The zero-order valence-electron chi connectivity index (χ0n) is 15.7. The van der Waals surface area contributed by atoms with Gasteiger partial charge < -0.3 is 19.0 Å². The second-order valence-corrected chi connectivity index (χ2v) is 5.43. The number of carbonyl (C=O) groups excluding carboxylic acids is 1. The maximum Gasteiger partial charge on any atom is 0.341 e. The molecule has 0 bridgehead atoms. The highest BCUT2D eigenvalue weighted by Gasteiger charge is 2.16. The SMILES string of the molecule is CCO/N=C/c1ccc(OCc2ccccc2/C(=C/OC)C(=O)OC)cc1. The first-order valence-corrected chi connectivity index (χ1v) is 8.47. The number of carbonyl (C=O) groups is 1. The van der Waals surface area contributed by atoms with E-state index in [4.69, 9.17) is 19.0 Å². The van der Waals surface area contributed by atoms with Crippen molar-refractivity contribution in [1.82, 2.24) is 0 Å². The Labute approximate surface area is 159 Å². The van der Waals surface area contributed by atoms with Crippen LogP contribution in [-0.4, -0.2) is 33.0 Å². The lowest BCUT2D eigenvalue weighted by molar-refractivity contribution is -0.133. The zero-order valence-corrected chi connectivity index (χ0v) is 15.7. The van der Waals surface area contributed by atoms with Crippen molar-refractivity contribution in [2.24, 2.45) is 5.16 Å². The van der Waals surface area contributed by atoms with Crippen molar-refractivity contribution >= 4 is 17.8 Å². The van der Waals surface area contributed by atoms with Gasteiger partial charge in [0.25, 0.3) is 0 Å². The van der Waals surface area contributed by atoms with Crippen LogP contribution in [0.2, 0.25) is 0 Å². The van der Waals surface area contributed by atoms with Gasteiger partial charge in [-0.1, -0.05) is 29.4 Å². The van der Waals surface area contributed by atoms with E-state index in [9.17, 15) is 4.79 Å². The third-order valence-electron chi connectivity index (χ3n) is 3.63. The highest BCUT2D eigenvalue weighted by molar-refractivity contribution is 6.16. The first kappa shape index (κ1) is 20.0. The molecule has 0 fully saturated rings. The average Bonchev–Trinajstić information content (AvgIpc) is 2.71.